The Hall–Kier alpha value is -16.3. The van der Waals surface area contributed by atoms with Gasteiger partial charge in [0.2, 0.25) is 0 Å². The van der Waals surface area contributed by atoms with Crippen LogP contribution >= 0.6 is 0 Å². The Morgan fingerprint density at radius 1 is 0.133 bits per heavy atom. The number of nitrogens with zero attached hydrogens (tertiary/aromatic N) is 10. The summed E-state index contributed by atoms with van der Waals surface area (Å²) in [5, 5.41) is 14.8. The van der Waals surface area contributed by atoms with E-state index >= 15 is 0 Å². The lowest BCUT2D eigenvalue weighted by Gasteiger charge is -2.12. The van der Waals surface area contributed by atoms with Gasteiger partial charge in [-0.15, -0.1) is 0 Å². The zero-order valence-electron chi connectivity index (χ0n) is 64.9. The van der Waals surface area contributed by atoms with E-state index in [2.05, 4.69) is 322 Å². The van der Waals surface area contributed by atoms with E-state index in [0.717, 1.165) is 72.5 Å². The van der Waals surface area contributed by atoms with Crippen LogP contribution in [0.4, 0.5) is 0 Å². The molecule has 0 unspecified atom stereocenters. The quantitative estimate of drug-likeness (QED) is 0.121. The summed E-state index contributed by atoms with van der Waals surface area (Å²) >= 11 is 0. The molecular weight excluding hydrogens is 1460 g/mol. The molecule has 0 spiro atoms. The highest BCUT2D eigenvalue weighted by atomic mass is 15.1. The number of fused-ring (bicyclic) bond motifs is 14. The fourth-order valence-corrected chi connectivity index (χ4v) is 17.8. The van der Waals surface area contributed by atoms with E-state index in [1.807, 2.05) is 121 Å². The standard InChI is InChI=1S/2C55H35N5/c1-3-15-37(16-4-1)53-56-54(38-17-5-2-6-18-38)58-55(57-53)39-26-30-42(31-27-39)59-49-23-11-10-22-45(49)47-34-40(29-33-51(47)59)41-28-32-46-44-21-9-12-24-50(44)60(52(46)35-41)48-25-13-19-36-14-7-8-20-43(36)48;1-3-14-37(15-4-1)53-56-54(38-16-5-2-6-17-38)58-55(57-53)39-24-28-43(29-25-39)59-50-22-12-10-20-46(50)48-34-41(27-32-51(48)59)42-26-31-47-45-19-9-11-21-49(45)60(52(47)35-42)44-30-23-36-13-7-8-18-40(36)33-44/h2*1-35H. The van der Waals surface area contributed by atoms with E-state index in [1.165, 1.54) is 115 Å². The number of rotatable bonds is 12. The van der Waals surface area contributed by atoms with Gasteiger partial charge in [0.1, 0.15) is 0 Å². The molecule has 10 nitrogen and oxygen atoms in total. The summed E-state index contributed by atoms with van der Waals surface area (Å²) in [6.07, 6.45) is 0. The lowest BCUT2D eigenvalue weighted by atomic mass is 10.0. The molecular formula is C110H70N10. The number of para-hydroxylation sites is 4. The van der Waals surface area contributed by atoms with Crippen molar-refractivity contribution in [1.82, 2.24) is 48.2 Å². The first-order valence-electron chi connectivity index (χ1n) is 40.6. The SMILES string of the molecule is c1ccc(-c2nc(-c3ccccc3)nc(-c3ccc(-n4c5ccccc5c5cc(-c6ccc7c8ccccc8n(-c8ccc9ccccc9c8)c7c6)ccc54)cc3)n2)cc1.c1ccc(-c2nc(-c3ccccc3)nc(-c3ccc(-n4c5ccccc5c5cc(-c6ccc7c8ccccc8n(-c8cccc9ccccc89)c7c6)ccc54)cc3)n2)cc1. The Balaban J connectivity index is 0.000000140. The van der Waals surface area contributed by atoms with Crippen LogP contribution in [0.15, 0.2) is 425 Å². The first-order chi connectivity index (χ1) is 59.5. The summed E-state index contributed by atoms with van der Waals surface area (Å²) in [6, 6.07) is 151. The molecule has 0 radical (unpaired) electrons. The van der Waals surface area contributed by atoms with E-state index in [0.29, 0.717) is 34.9 Å². The highest BCUT2D eigenvalue weighted by Gasteiger charge is 2.23. The van der Waals surface area contributed by atoms with E-state index in [-0.39, 0.29) is 0 Å². The molecule has 560 valence electrons. The minimum Gasteiger partial charge on any atom is -0.309 e. The number of aromatic nitrogens is 10. The summed E-state index contributed by atoms with van der Waals surface area (Å²) in [5.41, 5.74) is 24.2. The van der Waals surface area contributed by atoms with Crippen molar-refractivity contribution in [2.75, 3.05) is 0 Å². The van der Waals surface area contributed by atoms with Crippen molar-refractivity contribution in [1.29, 1.82) is 0 Å². The Kier molecular flexibility index (Phi) is 16.7. The van der Waals surface area contributed by atoms with Crippen LogP contribution in [0.3, 0.4) is 0 Å². The lowest BCUT2D eigenvalue weighted by molar-refractivity contribution is 1.07. The Bertz CT molecular complexity index is 8000. The molecule has 10 heteroatoms. The topological polar surface area (TPSA) is 97.1 Å². The third kappa shape index (κ3) is 12.0. The van der Waals surface area contributed by atoms with Crippen molar-refractivity contribution in [2.45, 2.75) is 0 Å². The molecule has 0 bridgehead atoms. The minimum atomic E-state index is 0.637. The summed E-state index contributed by atoms with van der Waals surface area (Å²) < 4.78 is 9.57. The van der Waals surface area contributed by atoms with Crippen LogP contribution in [0.5, 0.6) is 0 Å². The Morgan fingerprint density at radius 3 is 0.833 bits per heavy atom. The van der Waals surface area contributed by atoms with Crippen molar-refractivity contribution < 1.29 is 0 Å². The average molecular weight is 1530 g/mol. The van der Waals surface area contributed by atoms with Crippen LogP contribution < -0.4 is 0 Å². The minimum absolute atomic E-state index is 0.637. The Labute approximate surface area is 690 Å². The molecule has 0 saturated carbocycles. The molecule has 24 aromatic rings. The third-order valence-electron chi connectivity index (χ3n) is 23.5. The van der Waals surface area contributed by atoms with E-state index in [9.17, 15) is 0 Å². The normalized spacial score (nSPS) is 11.7. The average Bonchev–Trinajstić information content (AvgIpc) is 1.59. The van der Waals surface area contributed by atoms with Gasteiger partial charge in [-0.3, -0.25) is 0 Å². The van der Waals surface area contributed by atoms with Gasteiger partial charge in [0.05, 0.1) is 49.8 Å². The molecule has 0 aliphatic carbocycles. The van der Waals surface area contributed by atoms with Crippen LogP contribution in [-0.4, -0.2) is 48.2 Å². The van der Waals surface area contributed by atoms with Gasteiger partial charge in [-0.1, -0.05) is 297 Å². The largest absolute Gasteiger partial charge is 0.309 e. The summed E-state index contributed by atoms with van der Waals surface area (Å²) in [7, 11) is 0. The van der Waals surface area contributed by atoms with Gasteiger partial charge in [0, 0.05) is 98.9 Å². The highest BCUT2D eigenvalue weighted by Crippen LogP contribution is 2.43. The maximum absolute atomic E-state index is 4.97. The maximum atomic E-state index is 4.97. The second kappa shape index (κ2) is 28.9. The van der Waals surface area contributed by atoms with Crippen molar-refractivity contribution in [3.63, 3.8) is 0 Å². The van der Waals surface area contributed by atoms with Gasteiger partial charge in [0.15, 0.2) is 34.9 Å². The smallest absolute Gasteiger partial charge is 0.164 e. The zero-order valence-corrected chi connectivity index (χ0v) is 64.9. The van der Waals surface area contributed by atoms with Crippen LogP contribution in [0, 0.1) is 0 Å². The van der Waals surface area contributed by atoms with Gasteiger partial charge in [-0.25, -0.2) is 29.9 Å². The lowest BCUT2D eigenvalue weighted by Crippen LogP contribution is -2.00. The van der Waals surface area contributed by atoms with E-state index < -0.39 is 0 Å². The van der Waals surface area contributed by atoms with Crippen molar-refractivity contribution >= 4 is 109 Å². The summed E-state index contributed by atoms with van der Waals surface area (Å²) in [6.45, 7) is 0. The second-order valence-corrected chi connectivity index (χ2v) is 30.5. The second-order valence-electron chi connectivity index (χ2n) is 30.5. The number of hydrogen-bond donors (Lipinski definition) is 0. The van der Waals surface area contributed by atoms with Gasteiger partial charge >= 0.3 is 0 Å². The van der Waals surface area contributed by atoms with Gasteiger partial charge in [0.25, 0.3) is 0 Å². The van der Waals surface area contributed by atoms with Crippen molar-refractivity contribution in [3.05, 3.63) is 425 Å². The maximum Gasteiger partial charge on any atom is 0.164 e. The molecule has 6 aromatic heterocycles. The number of benzene rings is 18. The van der Waals surface area contributed by atoms with Crippen molar-refractivity contribution in [3.8, 4) is 113 Å². The number of hydrogen-bond acceptors (Lipinski definition) is 6. The molecule has 24 rings (SSSR count). The predicted octanol–water partition coefficient (Wildman–Crippen LogP) is 27.8. The monoisotopic (exact) mass is 1530 g/mol. The van der Waals surface area contributed by atoms with Crippen LogP contribution in [0.2, 0.25) is 0 Å². The first-order valence-corrected chi connectivity index (χ1v) is 40.6. The fraction of sp³-hybridized carbons (Fsp3) is 0. The van der Waals surface area contributed by atoms with Gasteiger partial charge in [-0.05, 0) is 166 Å². The summed E-state index contributed by atoms with van der Waals surface area (Å²) in [4.78, 5) is 29.6. The molecule has 0 aliphatic rings. The molecule has 0 aliphatic heterocycles. The van der Waals surface area contributed by atoms with Crippen LogP contribution in [-0.2, 0) is 0 Å². The molecule has 120 heavy (non-hydrogen) atoms. The molecule has 0 atom stereocenters. The van der Waals surface area contributed by atoms with E-state index in [4.69, 9.17) is 29.9 Å². The molecule has 0 fully saturated rings. The van der Waals surface area contributed by atoms with Gasteiger partial charge < -0.3 is 18.3 Å². The Morgan fingerprint density at radius 2 is 0.408 bits per heavy atom. The molecule has 0 N–H and O–H groups in total. The van der Waals surface area contributed by atoms with Crippen LogP contribution in [0.1, 0.15) is 0 Å². The fourth-order valence-electron chi connectivity index (χ4n) is 17.8. The predicted molar refractivity (Wildman–Crippen MR) is 496 cm³/mol. The zero-order chi connectivity index (χ0) is 79.1. The molecule has 18 aromatic carbocycles. The summed E-state index contributed by atoms with van der Waals surface area (Å²) in [5.74, 6) is 3.87. The molecule has 6 heterocycles. The first kappa shape index (κ1) is 69.2. The van der Waals surface area contributed by atoms with Gasteiger partial charge in [-0.2, -0.15) is 0 Å². The molecule has 0 amide bonds. The van der Waals surface area contributed by atoms with Crippen molar-refractivity contribution in [2.24, 2.45) is 0 Å². The molecule has 0 saturated heterocycles. The third-order valence-corrected chi connectivity index (χ3v) is 23.5. The highest BCUT2D eigenvalue weighted by molar-refractivity contribution is 6.15. The van der Waals surface area contributed by atoms with Crippen LogP contribution in [0.25, 0.3) is 222 Å². The van der Waals surface area contributed by atoms with E-state index in [1.54, 1.807) is 0 Å².